The van der Waals surface area contributed by atoms with Gasteiger partial charge in [-0.25, -0.2) is 0 Å². The van der Waals surface area contributed by atoms with Gasteiger partial charge in [-0.1, -0.05) is 42.1 Å². The largest absolute Gasteiger partial charge is 0.355 e. The Bertz CT molecular complexity index is 1300. The van der Waals surface area contributed by atoms with Crippen molar-refractivity contribution in [1.82, 2.24) is 24.7 Å². The Morgan fingerprint density at radius 3 is 2.48 bits per heavy atom. The van der Waals surface area contributed by atoms with Crippen molar-refractivity contribution < 1.29 is 9.59 Å². The van der Waals surface area contributed by atoms with Gasteiger partial charge in [-0.3, -0.25) is 19.1 Å². The summed E-state index contributed by atoms with van der Waals surface area (Å²) < 4.78 is 2.01. The van der Waals surface area contributed by atoms with Gasteiger partial charge in [0.05, 0.1) is 17.5 Å². The van der Waals surface area contributed by atoms with Crippen LogP contribution < -0.4 is 0 Å². The number of nitrogens with zero attached hydrogens (tertiary/aromatic N) is 4. The SMILES string of the molecule is CC(=O)c1c(C)[nH]c(C(=O)C(C)Sc2nnc(-c3cccnc3)n2Cc2ccccc2)c1C. The normalized spacial score (nSPS) is 12.0. The van der Waals surface area contributed by atoms with Gasteiger partial charge in [-0.2, -0.15) is 0 Å². The second kappa shape index (κ2) is 9.54. The number of thioether (sulfide) groups is 1. The zero-order valence-corrected chi connectivity index (χ0v) is 19.8. The molecule has 0 saturated heterocycles. The van der Waals surface area contributed by atoms with Gasteiger partial charge in [-0.05, 0) is 51.0 Å². The summed E-state index contributed by atoms with van der Waals surface area (Å²) in [6.45, 7) is 7.55. The second-order valence-corrected chi connectivity index (χ2v) is 9.23. The number of nitrogens with one attached hydrogen (secondary N) is 1. The molecule has 0 bridgehead atoms. The highest BCUT2D eigenvalue weighted by molar-refractivity contribution is 8.00. The predicted molar refractivity (Wildman–Crippen MR) is 129 cm³/mol. The van der Waals surface area contributed by atoms with E-state index < -0.39 is 5.25 Å². The molecule has 8 heteroatoms. The lowest BCUT2D eigenvalue weighted by atomic mass is 10.0. The first-order valence-corrected chi connectivity index (χ1v) is 11.5. The van der Waals surface area contributed by atoms with Gasteiger partial charge in [0.1, 0.15) is 0 Å². The Morgan fingerprint density at radius 1 is 1.09 bits per heavy atom. The molecule has 1 N–H and O–H groups in total. The number of hydrogen-bond acceptors (Lipinski definition) is 6. The third-order valence-corrected chi connectivity index (χ3v) is 6.59. The van der Waals surface area contributed by atoms with Crippen LogP contribution in [0.4, 0.5) is 0 Å². The zero-order valence-electron chi connectivity index (χ0n) is 19.0. The van der Waals surface area contributed by atoms with E-state index in [0.29, 0.717) is 40.0 Å². The minimum absolute atomic E-state index is 0.0516. The third kappa shape index (κ3) is 4.66. The van der Waals surface area contributed by atoms with Crippen molar-refractivity contribution in [3.8, 4) is 11.4 Å². The van der Waals surface area contributed by atoms with Crippen LogP contribution in [0, 0.1) is 13.8 Å². The maximum atomic E-state index is 13.3. The number of Topliss-reactive ketones (excluding diaryl/α,β-unsaturated/α-hetero) is 2. The van der Waals surface area contributed by atoms with E-state index in [1.165, 1.54) is 18.7 Å². The number of aryl methyl sites for hydroxylation is 1. The molecule has 0 radical (unpaired) electrons. The maximum Gasteiger partial charge on any atom is 0.192 e. The van der Waals surface area contributed by atoms with Crippen LogP contribution in [0.2, 0.25) is 0 Å². The van der Waals surface area contributed by atoms with Gasteiger partial charge in [0.15, 0.2) is 22.5 Å². The molecule has 0 spiro atoms. The number of rotatable bonds is 8. The number of hydrogen-bond donors (Lipinski definition) is 1. The van der Waals surface area contributed by atoms with Gasteiger partial charge in [0.25, 0.3) is 0 Å². The first kappa shape index (κ1) is 22.7. The zero-order chi connectivity index (χ0) is 23.5. The summed E-state index contributed by atoms with van der Waals surface area (Å²) in [4.78, 5) is 32.6. The lowest BCUT2D eigenvalue weighted by molar-refractivity contribution is 0.0988. The minimum atomic E-state index is -0.429. The highest BCUT2D eigenvalue weighted by Gasteiger charge is 2.26. The molecule has 4 aromatic rings. The molecule has 0 aliphatic carbocycles. The van der Waals surface area contributed by atoms with Crippen LogP contribution in [0.25, 0.3) is 11.4 Å². The molecule has 0 aliphatic heterocycles. The van der Waals surface area contributed by atoms with E-state index in [1.54, 1.807) is 12.4 Å². The van der Waals surface area contributed by atoms with Crippen molar-refractivity contribution in [3.63, 3.8) is 0 Å². The fourth-order valence-electron chi connectivity index (χ4n) is 3.93. The third-order valence-electron chi connectivity index (χ3n) is 5.51. The topological polar surface area (TPSA) is 93.5 Å². The number of ketones is 2. The summed E-state index contributed by atoms with van der Waals surface area (Å²) >= 11 is 1.35. The van der Waals surface area contributed by atoms with Crippen LogP contribution in [0.5, 0.6) is 0 Å². The predicted octanol–water partition coefficient (Wildman–Crippen LogP) is 4.90. The van der Waals surface area contributed by atoms with Crippen molar-refractivity contribution in [2.45, 2.75) is 44.6 Å². The molecule has 33 heavy (non-hydrogen) atoms. The van der Waals surface area contributed by atoms with E-state index in [9.17, 15) is 9.59 Å². The molecule has 3 heterocycles. The first-order valence-electron chi connectivity index (χ1n) is 10.6. The Labute approximate surface area is 196 Å². The smallest absolute Gasteiger partial charge is 0.192 e. The van der Waals surface area contributed by atoms with Gasteiger partial charge in [0.2, 0.25) is 0 Å². The standard InChI is InChI=1S/C25H25N5O2S/c1-15-21(17(3)31)16(2)27-22(15)23(32)18(4)33-25-29-28-24(20-11-8-12-26-13-20)30(25)14-19-9-6-5-7-10-19/h5-13,18,27H,14H2,1-4H3. The molecule has 1 atom stereocenters. The molecule has 1 aromatic carbocycles. The van der Waals surface area contributed by atoms with Gasteiger partial charge >= 0.3 is 0 Å². The van der Waals surface area contributed by atoms with Crippen LogP contribution in [-0.4, -0.2) is 41.5 Å². The molecule has 0 aliphatic rings. The Balaban J connectivity index is 1.66. The van der Waals surface area contributed by atoms with E-state index >= 15 is 0 Å². The molecular formula is C25H25N5O2S. The summed E-state index contributed by atoms with van der Waals surface area (Å²) in [5.41, 5.74) is 4.42. The summed E-state index contributed by atoms with van der Waals surface area (Å²) in [6, 6.07) is 13.9. The summed E-state index contributed by atoms with van der Waals surface area (Å²) in [6.07, 6.45) is 3.47. The molecule has 0 fully saturated rings. The Kier molecular flexibility index (Phi) is 6.55. The lowest BCUT2D eigenvalue weighted by Crippen LogP contribution is -2.16. The monoisotopic (exact) mass is 459 g/mol. The average Bonchev–Trinajstić information content (AvgIpc) is 3.34. The second-order valence-electron chi connectivity index (χ2n) is 7.93. The van der Waals surface area contributed by atoms with Crippen molar-refractivity contribution in [1.29, 1.82) is 0 Å². The fraction of sp³-hybridized carbons (Fsp3) is 0.240. The van der Waals surface area contributed by atoms with E-state index in [0.717, 1.165) is 11.1 Å². The number of aromatic nitrogens is 5. The van der Waals surface area contributed by atoms with Crippen molar-refractivity contribution in [2.24, 2.45) is 0 Å². The van der Waals surface area contributed by atoms with Gasteiger partial charge < -0.3 is 4.98 Å². The Hall–Kier alpha value is -3.52. The first-order chi connectivity index (χ1) is 15.9. The highest BCUT2D eigenvalue weighted by atomic mass is 32.2. The van der Waals surface area contributed by atoms with E-state index in [2.05, 4.69) is 20.2 Å². The number of carbonyl (C=O) groups is 2. The maximum absolute atomic E-state index is 13.3. The van der Waals surface area contributed by atoms with Gasteiger partial charge in [-0.15, -0.1) is 10.2 Å². The van der Waals surface area contributed by atoms with E-state index in [4.69, 9.17) is 0 Å². The molecule has 1 unspecified atom stereocenters. The van der Waals surface area contributed by atoms with Crippen LogP contribution >= 0.6 is 11.8 Å². The number of pyridine rings is 1. The van der Waals surface area contributed by atoms with E-state index in [1.807, 2.05) is 67.8 Å². The molecule has 3 aromatic heterocycles. The van der Waals surface area contributed by atoms with Crippen LogP contribution in [0.1, 0.15) is 51.5 Å². The van der Waals surface area contributed by atoms with Crippen molar-refractivity contribution >= 4 is 23.3 Å². The van der Waals surface area contributed by atoms with Crippen LogP contribution in [-0.2, 0) is 6.54 Å². The molecule has 168 valence electrons. The minimum Gasteiger partial charge on any atom is -0.355 e. The molecular weight excluding hydrogens is 434 g/mol. The molecule has 0 amide bonds. The summed E-state index contributed by atoms with van der Waals surface area (Å²) in [7, 11) is 0. The molecule has 7 nitrogen and oxygen atoms in total. The van der Waals surface area contributed by atoms with E-state index in [-0.39, 0.29) is 11.6 Å². The summed E-state index contributed by atoms with van der Waals surface area (Å²) in [5.74, 6) is 0.564. The number of aromatic amines is 1. The van der Waals surface area contributed by atoms with Gasteiger partial charge in [0, 0.05) is 29.2 Å². The number of carbonyl (C=O) groups excluding carboxylic acids is 2. The Morgan fingerprint density at radius 2 is 1.85 bits per heavy atom. The highest BCUT2D eigenvalue weighted by Crippen LogP contribution is 2.30. The number of benzene rings is 1. The van der Waals surface area contributed by atoms with Crippen molar-refractivity contribution in [3.05, 3.63) is 82.9 Å². The van der Waals surface area contributed by atoms with Crippen molar-refractivity contribution in [2.75, 3.05) is 0 Å². The quantitative estimate of drug-likeness (QED) is 0.298. The van der Waals surface area contributed by atoms with Crippen LogP contribution in [0.3, 0.4) is 0 Å². The fourth-order valence-corrected chi connectivity index (χ4v) is 4.84. The number of H-pyrrole nitrogens is 1. The molecule has 0 saturated carbocycles. The van der Waals surface area contributed by atoms with Crippen LogP contribution in [0.15, 0.2) is 60.0 Å². The molecule has 4 rings (SSSR count). The average molecular weight is 460 g/mol. The summed E-state index contributed by atoms with van der Waals surface area (Å²) in [5, 5.41) is 9.04. The lowest BCUT2D eigenvalue weighted by Gasteiger charge is -2.13.